The van der Waals surface area contributed by atoms with Gasteiger partial charge in [-0.3, -0.25) is 9.69 Å². The lowest BCUT2D eigenvalue weighted by Crippen LogP contribution is -2.50. The monoisotopic (exact) mass is 582 g/mol. The van der Waals surface area contributed by atoms with E-state index in [1.165, 1.54) is 49.8 Å². The molecule has 5 heterocycles. The molecule has 4 aromatic rings. The molecule has 2 aliphatic carbocycles. The minimum absolute atomic E-state index is 0.0255. The highest BCUT2D eigenvalue weighted by Gasteiger charge is 2.44. The third kappa shape index (κ3) is 5.20. The minimum Gasteiger partial charge on any atom is -0.366 e. The quantitative estimate of drug-likeness (QED) is 0.291. The zero-order valence-electron chi connectivity index (χ0n) is 23.5. The summed E-state index contributed by atoms with van der Waals surface area (Å²) in [5, 5.41) is 7.05. The van der Waals surface area contributed by atoms with Gasteiger partial charge in [0.1, 0.15) is 18.0 Å². The number of anilines is 3. The maximum atomic E-state index is 12.9. The SMILES string of the molecule is O=C(Nc1cc(NCc2cn3cc(C4CC4)cc(N4CCN5CCCC5C4)c3n2)ncn1)[C@H]1C[C@@H]1c1cccc(Cl)c1. The number of nitrogens with zero attached hydrogens (tertiary/aromatic N) is 6. The predicted octanol–water partition coefficient (Wildman–Crippen LogP) is 5.29. The summed E-state index contributed by atoms with van der Waals surface area (Å²) < 4.78 is 2.22. The number of piperazine rings is 1. The Morgan fingerprint density at radius 3 is 2.79 bits per heavy atom. The molecule has 8 rings (SSSR count). The lowest BCUT2D eigenvalue weighted by atomic mass is 10.1. The van der Waals surface area contributed by atoms with E-state index in [1.807, 2.05) is 24.3 Å². The molecule has 2 saturated heterocycles. The Morgan fingerprint density at radius 1 is 1.00 bits per heavy atom. The number of fused-ring (bicyclic) bond motifs is 2. The van der Waals surface area contributed by atoms with Gasteiger partial charge in [0.25, 0.3) is 0 Å². The van der Waals surface area contributed by atoms with Crippen molar-refractivity contribution in [3.63, 3.8) is 0 Å². The van der Waals surface area contributed by atoms with Crippen LogP contribution in [0.5, 0.6) is 0 Å². The van der Waals surface area contributed by atoms with Crippen molar-refractivity contribution in [2.24, 2.45) is 5.92 Å². The predicted molar refractivity (Wildman–Crippen MR) is 164 cm³/mol. The molecule has 42 heavy (non-hydrogen) atoms. The summed E-state index contributed by atoms with van der Waals surface area (Å²) >= 11 is 6.14. The molecular formula is C32H35ClN8O. The van der Waals surface area contributed by atoms with Gasteiger partial charge in [0.2, 0.25) is 5.91 Å². The number of nitrogens with one attached hydrogen (secondary N) is 2. The summed E-state index contributed by atoms with van der Waals surface area (Å²) in [6.45, 7) is 5.04. The number of benzene rings is 1. The Bertz CT molecular complexity index is 1650. The molecule has 2 aliphatic heterocycles. The number of hydrogen-bond donors (Lipinski definition) is 2. The van der Waals surface area contributed by atoms with E-state index in [2.05, 4.69) is 53.3 Å². The molecule has 10 heteroatoms. The highest BCUT2D eigenvalue weighted by molar-refractivity contribution is 6.30. The standard InChI is InChI=1S/C32H35ClN8O/c33-23-4-1-3-21(11-23)26-13-27(26)32(42)38-30-14-29(35-19-36-30)34-15-24-17-41-16-22(20-6-7-20)12-28(31(41)37-24)40-10-9-39-8-2-5-25(39)18-40/h1,3-4,11-12,14,16-17,19-20,25-27H,2,5-10,13,15,18H2,(H2,34,35,36,38,42)/t25?,26-,27+/m1/s1. The molecule has 4 aliphatic rings. The van der Waals surface area contributed by atoms with Crippen LogP contribution in [0.2, 0.25) is 5.02 Å². The van der Waals surface area contributed by atoms with Crippen molar-refractivity contribution in [3.05, 3.63) is 77.0 Å². The molecule has 3 atom stereocenters. The molecule has 0 radical (unpaired) electrons. The smallest absolute Gasteiger partial charge is 0.229 e. The van der Waals surface area contributed by atoms with Crippen LogP contribution in [0.1, 0.15) is 60.8 Å². The van der Waals surface area contributed by atoms with Crippen LogP contribution in [-0.4, -0.2) is 62.4 Å². The zero-order valence-corrected chi connectivity index (χ0v) is 24.3. The highest BCUT2D eigenvalue weighted by Crippen LogP contribution is 2.48. The fraction of sp³-hybridized carbons (Fsp3) is 0.438. The summed E-state index contributed by atoms with van der Waals surface area (Å²) in [7, 11) is 0. The van der Waals surface area contributed by atoms with Crippen molar-refractivity contribution in [3.8, 4) is 0 Å². The second-order valence-corrected chi connectivity index (χ2v) is 12.7. The van der Waals surface area contributed by atoms with Crippen molar-refractivity contribution >= 4 is 40.5 Å². The Labute approximate surface area is 250 Å². The van der Waals surface area contributed by atoms with E-state index >= 15 is 0 Å². The van der Waals surface area contributed by atoms with Crippen molar-refractivity contribution in [1.82, 2.24) is 24.3 Å². The van der Waals surface area contributed by atoms with Crippen LogP contribution >= 0.6 is 11.6 Å². The van der Waals surface area contributed by atoms with Crippen LogP contribution in [0.25, 0.3) is 5.65 Å². The lowest BCUT2D eigenvalue weighted by molar-refractivity contribution is -0.117. The van der Waals surface area contributed by atoms with Crippen molar-refractivity contribution in [1.29, 1.82) is 0 Å². The minimum atomic E-state index is -0.0702. The van der Waals surface area contributed by atoms with Gasteiger partial charge in [0.05, 0.1) is 17.9 Å². The van der Waals surface area contributed by atoms with E-state index in [-0.39, 0.29) is 17.7 Å². The average Bonchev–Trinajstić information content (AvgIpc) is 3.92. The van der Waals surface area contributed by atoms with Gasteiger partial charge >= 0.3 is 0 Å². The van der Waals surface area contributed by atoms with E-state index in [1.54, 1.807) is 6.07 Å². The van der Waals surface area contributed by atoms with Crippen molar-refractivity contribution in [2.75, 3.05) is 41.7 Å². The Kier molecular flexibility index (Phi) is 6.52. The van der Waals surface area contributed by atoms with Crippen molar-refractivity contribution < 1.29 is 4.79 Å². The number of amides is 1. The van der Waals surface area contributed by atoms with Crippen LogP contribution in [-0.2, 0) is 11.3 Å². The van der Waals surface area contributed by atoms with Gasteiger partial charge in [-0.2, -0.15) is 0 Å². The average molecular weight is 583 g/mol. The maximum Gasteiger partial charge on any atom is 0.229 e. The van der Waals surface area contributed by atoms with Gasteiger partial charge < -0.3 is 19.9 Å². The van der Waals surface area contributed by atoms with Gasteiger partial charge in [0.15, 0.2) is 5.65 Å². The zero-order chi connectivity index (χ0) is 28.2. The number of carbonyl (C=O) groups excluding carboxylic acids is 1. The molecule has 3 aromatic heterocycles. The first kappa shape index (κ1) is 26.0. The molecule has 9 nitrogen and oxygen atoms in total. The van der Waals surface area contributed by atoms with E-state index in [4.69, 9.17) is 16.6 Å². The molecular weight excluding hydrogens is 548 g/mol. The van der Waals surface area contributed by atoms with Gasteiger partial charge in [-0.1, -0.05) is 23.7 Å². The summed E-state index contributed by atoms with van der Waals surface area (Å²) in [6.07, 6.45) is 11.9. The fourth-order valence-electron chi connectivity index (χ4n) is 6.83. The van der Waals surface area contributed by atoms with Crippen LogP contribution in [0, 0.1) is 5.92 Å². The third-order valence-corrected chi connectivity index (χ3v) is 9.59. The summed E-state index contributed by atoms with van der Waals surface area (Å²) in [4.78, 5) is 31.8. The van der Waals surface area contributed by atoms with E-state index in [0.29, 0.717) is 35.2 Å². The first-order valence-electron chi connectivity index (χ1n) is 15.2. The summed E-state index contributed by atoms with van der Waals surface area (Å²) in [6, 6.07) is 12.6. The first-order chi connectivity index (χ1) is 20.6. The first-order valence-corrected chi connectivity index (χ1v) is 15.6. The number of aromatic nitrogens is 4. The summed E-state index contributed by atoms with van der Waals surface area (Å²) in [5.41, 5.74) is 5.77. The van der Waals surface area contributed by atoms with Crippen LogP contribution in [0.15, 0.2) is 55.1 Å². The van der Waals surface area contributed by atoms with Crippen LogP contribution in [0.3, 0.4) is 0 Å². The van der Waals surface area contributed by atoms with Gasteiger partial charge in [-0.05, 0) is 79.8 Å². The normalized spacial score (nSPS) is 23.6. The Balaban J connectivity index is 0.954. The van der Waals surface area contributed by atoms with Gasteiger partial charge in [0, 0.05) is 55.1 Å². The summed E-state index contributed by atoms with van der Waals surface area (Å²) in [5.74, 6) is 1.92. The van der Waals surface area contributed by atoms with Crippen molar-refractivity contribution in [2.45, 2.75) is 56.5 Å². The number of imidazole rings is 1. The molecule has 1 aromatic carbocycles. The van der Waals surface area contributed by atoms with Crippen LogP contribution in [0.4, 0.5) is 17.3 Å². The maximum absolute atomic E-state index is 12.9. The Hall–Kier alpha value is -3.69. The number of pyridine rings is 1. The molecule has 216 valence electrons. The van der Waals surface area contributed by atoms with Crippen LogP contribution < -0.4 is 15.5 Å². The number of carbonyl (C=O) groups is 1. The highest BCUT2D eigenvalue weighted by atomic mass is 35.5. The molecule has 2 N–H and O–H groups in total. The lowest BCUT2D eigenvalue weighted by Gasteiger charge is -2.39. The van der Waals surface area contributed by atoms with Gasteiger partial charge in [-0.15, -0.1) is 0 Å². The molecule has 1 amide bonds. The van der Waals surface area contributed by atoms with E-state index in [9.17, 15) is 4.79 Å². The number of rotatable bonds is 8. The fourth-order valence-corrected chi connectivity index (χ4v) is 7.03. The van der Waals surface area contributed by atoms with Gasteiger partial charge in [-0.25, -0.2) is 15.0 Å². The third-order valence-electron chi connectivity index (χ3n) is 9.35. The molecule has 0 bridgehead atoms. The molecule has 2 saturated carbocycles. The molecule has 0 spiro atoms. The topological polar surface area (TPSA) is 90.7 Å². The van der Waals surface area contributed by atoms with E-state index in [0.717, 1.165) is 43.0 Å². The largest absolute Gasteiger partial charge is 0.366 e. The Morgan fingerprint density at radius 2 is 1.90 bits per heavy atom. The number of hydrogen-bond acceptors (Lipinski definition) is 7. The molecule has 4 fully saturated rings. The second-order valence-electron chi connectivity index (χ2n) is 12.3. The van der Waals surface area contributed by atoms with E-state index < -0.39 is 0 Å². The number of halogens is 1. The molecule has 1 unspecified atom stereocenters. The second kappa shape index (κ2) is 10.5.